The number of hydrogen-bond acceptors (Lipinski definition) is 12. The lowest BCUT2D eigenvalue weighted by molar-refractivity contribution is -0.126. The molecule has 4 unspecified atom stereocenters. The lowest BCUT2D eigenvalue weighted by Crippen LogP contribution is -2.50. The smallest absolute Gasteiger partial charge is 0.243 e. The molecule has 6 N–H and O–H groups in total. The van der Waals surface area contributed by atoms with Gasteiger partial charge >= 0.3 is 0 Å². The highest BCUT2D eigenvalue weighted by molar-refractivity contribution is 7.89. The van der Waals surface area contributed by atoms with Crippen LogP contribution >= 0.6 is 11.6 Å². The highest BCUT2D eigenvalue weighted by atomic mass is 35.5. The average molecular weight is 775 g/mol. The Labute approximate surface area is 314 Å². The van der Waals surface area contributed by atoms with Crippen LogP contribution in [0, 0.1) is 0 Å². The molecule has 14 nitrogen and oxygen atoms in total. The van der Waals surface area contributed by atoms with Crippen molar-refractivity contribution in [3.05, 3.63) is 77.1 Å². The van der Waals surface area contributed by atoms with E-state index in [-0.39, 0.29) is 43.7 Å². The summed E-state index contributed by atoms with van der Waals surface area (Å²) in [6.07, 6.45) is 0.806. The fourth-order valence-electron chi connectivity index (χ4n) is 6.39. The minimum absolute atomic E-state index is 0.0563. The maximum atomic E-state index is 13.7. The Kier molecular flexibility index (Phi) is 12.7. The first kappa shape index (κ1) is 39.5. The fourth-order valence-corrected chi connectivity index (χ4v) is 8.03. The summed E-state index contributed by atoms with van der Waals surface area (Å²) >= 11 is 6.58. The van der Waals surface area contributed by atoms with Crippen molar-refractivity contribution in [1.29, 1.82) is 0 Å². The number of para-hydroxylation sites is 1. The van der Waals surface area contributed by atoms with E-state index in [9.17, 15) is 33.6 Å². The quantitative estimate of drug-likeness (QED) is 0.109. The molecule has 2 aliphatic carbocycles. The van der Waals surface area contributed by atoms with E-state index >= 15 is 0 Å². The number of rotatable bonds is 18. The number of benzene rings is 2. The third-order valence-electron chi connectivity index (χ3n) is 9.99. The van der Waals surface area contributed by atoms with E-state index in [1.165, 1.54) is 10.4 Å². The van der Waals surface area contributed by atoms with Crippen LogP contribution in [0.15, 0.2) is 65.8 Å². The van der Waals surface area contributed by atoms with Gasteiger partial charge in [0.25, 0.3) is 0 Å². The van der Waals surface area contributed by atoms with E-state index in [2.05, 4.69) is 10.3 Å². The number of carbonyl (C=O) groups is 1. The summed E-state index contributed by atoms with van der Waals surface area (Å²) in [5, 5.41) is 50.9. The number of carbonyl (C=O) groups excluding carboxylic acids is 1. The van der Waals surface area contributed by atoms with Gasteiger partial charge in [-0.1, -0.05) is 29.8 Å². The van der Waals surface area contributed by atoms with Crippen molar-refractivity contribution in [1.82, 2.24) is 19.5 Å². The molecule has 1 amide bonds. The molecule has 4 atom stereocenters. The van der Waals surface area contributed by atoms with Gasteiger partial charge in [-0.05, 0) is 67.1 Å². The average Bonchev–Trinajstić information content (AvgIpc) is 4.13. The third-order valence-corrected chi connectivity index (χ3v) is 12.3. The third kappa shape index (κ3) is 9.54. The van der Waals surface area contributed by atoms with Gasteiger partial charge in [0.15, 0.2) is 0 Å². The molecule has 288 valence electrons. The first-order chi connectivity index (χ1) is 25.4. The second kappa shape index (κ2) is 17.1. The molecule has 2 heterocycles. The molecule has 1 saturated heterocycles. The number of aliphatic hydroxyl groups is 5. The van der Waals surface area contributed by atoms with Crippen LogP contribution in [0.3, 0.4) is 0 Å². The maximum absolute atomic E-state index is 13.7. The number of ether oxygens (including phenoxy) is 2. The molecule has 0 spiro atoms. The molecule has 2 saturated carbocycles. The Morgan fingerprint density at radius 1 is 0.981 bits per heavy atom. The minimum atomic E-state index is -3.86. The van der Waals surface area contributed by atoms with Gasteiger partial charge in [-0.15, -0.1) is 0 Å². The molecule has 0 radical (unpaired) electrons. The van der Waals surface area contributed by atoms with Crippen molar-refractivity contribution in [2.45, 2.75) is 79.7 Å². The van der Waals surface area contributed by atoms with Gasteiger partial charge < -0.3 is 45.2 Å². The number of sulfonamides is 1. The van der Waals surface area contributed by atoms with Crippen molar-refractivity contribution in [2.24, 2.45) is 0 Å². The zero-order valence-corrected chi connectivity index (χ0v) is 30.8. The SMILES string of the molecule is O=C(CCN1CCN(S(=O)(=O)c2ccc(Cl)c(COC3(c4cnccc4-c4ccccc4OC4CC4)CC3)c2)CC1)NCC(O)C(O)C(O)C(O)CO. The van der Waals surface area contributed by atoms with E-state index in [4.69, 9.17) is 26.2 Å². The van der Waals surface area contributed by atoms with Crippen LogP contribution in [-0.2, 0) is 31.8 Å². The number of nitrogens with one attached hydrogen (secondary N) is 1. The summed E-state index contributed by atoms with van der Waals surface area (Å²) in [5.74, 6) is 0.412. The first-order valence-electron chi connectivity index (χ1n) is 17.9. The van der Waals surface area contributed by atoms with Gasteiger partial charge in [0, 0.05) is 74.2 Å². The zero-order chi connectivity index (χ0) is 37.8. The molecule has 0 bridgehead atoms. The number of aromatic nitrogens is 1. The highest BCUT2D eigenvalue weighted by Gasteiger charge is 2.48. The number of hydrogen-bond donors (Lipinski definition) is 6. The summed E-state index contributed by atoms with van der Waals surface area (Å²) in [5.41, 5.74) is 2.89. The summed E-state index contributed by atoms with van der Waals surface area (Å²) in [6.45, 7) is 0.496. The Balaban J connectivity index is 1.02. The molecule has 2 aromatic carbocycles. The predicted molar refractivity (Wildman–Crippen MR) is 194 cm³/mol. The predicted octanol–water partition coefficient (Wildman–Crippen LogP) is 1.40. The maximum Gasteiger partial charge on any atom is 0.243 e. The van der Waals surface area contributed by atoms with Gasteiger partial charge in [-0.3, -0.25) is 9.78 Å². The lowest BCUT2D eigenvalue weighted by Gasteiger charge is -2.34. The van der Waals surface area contributed by atoms with Crippen LogP contribution in [0.5, 0.6) is 5.75 Å². The van der Waals surface area contributed by atoms with Crippen molar-refractivity contribution in [3.8, 4) is 16.9 Å². The van der Waals surface area contributed by atoms with E-state index in [0.29, 0.717) is 30.2 Å². The van der Waals surface area contributed by atoms with Crippen LogP contribution in [0.25, 0.3) is 11.1 Å². The van der Waals surface area contributed by atoms with Crippen LogP contribution in [-0.4, -0.2) is 130 Å². The summed E-state index contributed by atoms with van der Waals surface area (Å²) in [4.78, 5) is 18.8. The largest absolute Gasteiger partial charge is 0.490 e. The van der Waals surface area contributed by atoms with E-state index in [0.717, 1.165) is 48.1 Å². The van der Waals surface area contributed by atoms with Crippen LogP contribution < -0.4 is 10.1 Å². The van der Waals surface area contributed by atoms with Crippen molar-refractivity contribution in [2.75, 3.05) is 45.9 Å². The number of nitrogens with zero attached hydrogens (tertiary/aromatic N) is 3. The molecular formula is C37H47ClN4O10S. The van der Waals surface area contributed by atoms with Crippen LogP contribution in [0.1, 0.15) is 43.2 Å². The van der Waals surface area contributed by atoms with Crippen molar-refractivity contribution in [3.63, 3.8) is 0 Å². The van der Waals surface area contributed by atoms with E-state index < -0.39 is 52.6 Å². The van der Waals surface area contributed by atoms with E-state index in [1.807, 2.05) is 41.4 Å². The summed E-state index contributed by atoms with van der Waals surface area (Å²) < 4.78 is 41.6. The van der Waals surface area contributed by atoms with Gasteiger partial charge in [-0.2, -0.15) is 4.31 Å². The number of piperazine rings is 1. The highest BCUT2D eigenvalue weighted by Crippen LogP contribution is 2.53. The number of amides is 1. The molecule has 1 aliphatic heterocycles. The van der Waals surface area contributed by atoms with Crippen molar-refractivity contribution >= 4 is 27.5 Å². The molecule has 16 heteroatoms. The fraction of sp³-hybridized carbons (Fsp3) is 0.514. The second-order valence-electron chi connectivity index (χ2n) is 13.9. The van der Waals surface area contributed by atoms with Crippen LogP contribution in [0.2, 0.25) is 5.02 Å². The molecule has 3 aromatic rings. The summed E-state index contributed by atoms with van der Waals surface area (Å²) in [6, 6.07) is 14.6. The number of halogens is 1. The minimum Gasteiger partial charge on any atom is -0.490 e. The van der Waals surface area contributed by atoms with Gasteiger partial charge in [0.2, 0.25) is 15.9 Å². The Morgan fingerprint density at radius 3 is 2.40 bits per heavy atom. The number of pyridine rings is 1. The topological polar surface area (TPSA) is 202 Å². The standard InChI is InChI=1S/C37H47ClN4O10S/c38-30-8-7-26(53(49,50)42-17-15-41(16-18-42)14-10-34(46)40-21-31(44)35(47)36(48)32(45)22-43)19-24(30)23-51-37(11-12-37)29-20-39-13-9-27(29)28-3-1-2-4-33(28)52-25-5-6-25/h1-4,7-9,13,19-20,25,31-32,35-36,43-45,47-48H,5-6,10-12,14-18,21-23H2,(H,40,46). The van der Waals surface area contributed by atoms with Crippen LogP contribution in [0.4, 0.5) is 0 Å². The van der Waals surface area contributed by atoms with Gasteiger partial charge in [0.1, 0.15) is 24.1 Å². The first-order valence-corrected chi connectivity index (χ1v) is 19.7. The molecular weight excluding hydrogens is 728 g/mol. The molecule has 1 aromatic heterocycles. The normalized spacial score (nSPS) is 20.0. The zero-order valence-electron chi connectivity index (χ0n) is 29.3. The second-order valence-corrected chi connectivity index (χ2v) is 16.2. The molecule has 3 fully saturated rings. The monoisotopic (exact) mass is 774 g/mol. The Hall–Kier alpha value is -3.22. The molecule has 6 rings (SSSR count). The van der Waals surface area contributed by atoms with Crippen molar-refractivity contribution < 1.29 is 48.2 Å². The number of aliphatic hydroxyl groups excluding tert-OH is 5. The summed E-state index contributed by atoms with van der Waals surface area (Å²) in [7, 11) is -3.86. The van der Waals surface area contributed by atoms with Gasteiger partial charge in [-0.25, -0.2) is 8.42 Å². The Bertz CT molecular complexity index is 1840. The van der Waals surface area contributed by atoms with Gasteiger partial charge in [0.05, 0.1) is 35.9 Å². The molecule has 3 aliphatic rings. The van der Waals surface area contributed by atoms with E-state index in [1.54, 1.807) is 18.3 Å². The molecule has 53 heavy (non-hydrogen) atoms. The Morgan fingerprint density at radius 2 is 1.70 bits per heavy atom. The lowest BCUT2D eigenvalue weighted by atomic mass is 9.96.